The molecule has 0 fully saturated rings. The van der Waals surface area contributed by atoms with Crippen LogP contribution in [-0.4, -0.2) is 43.8 Å². The fraction of sp³-hybridized carbons (Fsp3) is 0.273. The molecule has 1 aromatic heterocycles. The first-order valence-corrected chi connectivity index (χ1v) is 10.7. The van der Waals surface area contributed by atoms with Crippen LogP contribution in [0, 0.1) is 6.92 Å². The molecule has 2 heterocycles. The number of carbonyl (C=O) groups excluding carboxylic acids is 2. The predicted octanol–water partition coefficient (Wildman–Crippen LogP) is 4.05. The molecule has 0 N–H and O–H groups in total. The van der Waals surface area contributed by atoms with E-state index in [0.717, 1.165) is 29.5 Å². The molecule has 0 atom stereocenters. The van der Waals surface area contributed by atoms with Crippen molar-refractivity contribution in [2.24, 2.45) is 0 Å². The van der Waals surface area contributed by atoms with Crippen LogP contribution < -0.4 is 0 Å². The van der Waals surface area contributed by atoms with Gasteiger partial charge in [-0.2, -0.15) is 0 Å². The van der Waals surface area contributed by atoms with Crippen LogP contribution in [0.2, 0.25) is 0 Å². The summed E-state index contributed by atoms with van der Waals surface area (Å²) >= 11 is 1.52. The van der Waals surface area contributed by atoms with E-state index in [1.165, 1.54) is 22.2 Å². The highest BCUT2D eigenvalue weighted by molar-refractivity contribution is 7.99. The van der Waals surface area contributed by atoms with Crippen molar-refractivity contribution in [2.75, 3.05) is 12.3 Å². The van der Waals surface area contributed by atoms with Crippen molar-refractivity contribution in [1.82, 2.24) is 19.7 Å². The summed E-state index contributed by atoms with van der Waals surface area (Å²) in [5.41, 5.74) is 3.18. The Morgan fingerprint density at radius 1 is 0.931 bits per heavy atom. The van der Waals surface area contributed by atoms with Gasteiger partial charge in [0, 0.05) is 24.4 Å². The van der Waals surface area contributed by atoms with Gasteiger partial charge in [-0.05, 0) is 31.5 Å². The maximum Gasteiger partial charge on any atom is 0.261 e. The molecule has 0 bridgehead atoms. The van der Waals surface area contributed by atoms with Gasteiger partial charge in [0.1, 0.15) is 0 Å². The second-order valence-electron chi connectivity index (χ2n) is 6.98. The highest BCUT2D eigenvalue weighted by atomic mass is 32.2. The number of imide groups is 1. The Bertz CT molecular complexity index is 1040. The lowest BCUT2D eigenvalue weighted by Gasteiger charge is -2.14. The summed E-state index contributed by atoms with van der Waals surface area (Å²) in [4.78, 5) is 26.3. The maximum absolute atomic E-state index is 12.5. The molecule has 3 aromatic rings. The molecule has 1 aliphatic heterocycles. The third kappa shape index (κ3) is 3.70. The average Bonchev–Trinajstić information content (AvgIpc) is 3.23. The highest BCUT2D eigenvalue weighted by Crippen LogP contribution is 2.27. The van der Waals surface area contributed by atoms with Gasteiger partial charge in [-0.3, -0.25) is 14.5 Å². The Morgan fingerprint density at radius 3 is 2.31 bits per heavy atom. The Hall–Kier alpha value is -2.93. The summed E-state index contributed by atoms with van der Waals surface area (Å²) in [6.07, 6.45) is 0.961. The molecule has 29 heavy (non-hydrogen) atoms. The van der Waals surface area contributed by atoms with Gasteiger partial charge in [-0.25, -0.2) is 0 Å². The molecule has 4 rings (SSSR count). The van der Waals surface area contributed by atoms with E-state index in [1.54, 1.807) is 24.3 Å². The number of carbonyl (C=O) groups is 2. The topological polar surface area (TPSA) is 68.1 Å². The largest absolute Gasteiger partial charge is 0.302 e. The van der Waals surface area contributed by atoms with Crippen LogP contribution in [-0.2, 0) is 6.54 Å². The summed E-state index contributed by atoms with van der Waals surface area (Å²) in [5.74, 6) is 0.975. The monoisotopic (exact) mass is 406 g/mol. The van der Waals surface area contributed by atoms with Crippen molar-refractivity contribution in [3.05, 3.63) is 65.2 Å². The first-order chi connectivity index (χ1) is 14.1. The minimum atomic E-state index is -0.221. The predicted molar refractivity (Wildman–Crippen MR) is 113 cm³/mol. The van der Waals surface area contributed by atoms with Gasteiger partial charge in [0.05, 0.1) is 11.1 Å². The van der Waals surface area contributed by atoms with Crippen molar-refractivity contribution in [3.8, 4) is 11.4 Å². The van der Waals surface area contributed by atoms with Crippen LogP contribution in [0.3, 0.4) is 0 Å². The van der Waals surface area contributed by atoms with Crippen LogP contribution in [0.5, 0.6) is 0 Å². The fourth-order valence-electron chi connectivity index (χ4n) is 3.49. The van der Waals surface area contributed by atoms with Gasteiger partial charge in [0.15, 0.2) is 11.0 Å². The van der Waals surface area contributed by atoms with Gasteiger partial charge in [0.2, 0.25) is 0 Å². The van der Waals surface area contributed by atoms with E-state index in [2.05, 4.69) is 40.7 Å². The Labute approximate surface area is 173 Å². The van der Waals surface area contributed by atoms with E-state index in [0.29, 0.717) is 23.4 Å². The molecule has 2 aromatic carbocycles. The van der Waals surface area contributed by atoms with E-state index in [-0.39, 0.29) is 11.8 Å². The Balaban J connectivity index is 1.48. The number of amides is 2. The van der Waals surface area contributed by atoms with Crippen LogP contribution >= 0.6 is 11.8 Å². The average molecular weight is 407 g/mol. The van der Waals surface area contributed by atoms with Crippen LogP contribution in [0.1, 0.15) is 39.6 Å². The number of rotatable bonds is 7. The van der Waals surface area contributed by atoms with E-state index in [9.17, 15) is 9.59 Å². The van der Waals surface area contributed by atoms with Crippen LogP contribution in [0.4, 0.5) is 0 Å². The summed E-state index contributed by atoms with van der Waals surface area (Å²) in [7, 11) is 0. The van der Waals surface area contributed by atoms with Crippen molar-refractivity contribution >= 4 is 23.6 Å². The number of fused-ring (bicyclic) bond motifs is 1. The molecule has 0 aliphatic carbocycles. The third-order valence-electron chi connectivity index (χ3n) is 4.86. The number of benzene rings is 2. The lowest BCUT2D eigenvalue weighted by Crippen LogP contribution is -2.31. The Morgan fingerprint density at radius 2 is 1.66 bits per heavy atom. The van der Waals surface area contributed by atoms with Gasteiger partial charge in [-0.1, -0.05) is 54.6 Å². The first-order valence-electron chi connectivity index (χ1n) is 9.68. The Kier molecular flexibility index (Phi) is 5.49. The summed E-state index contributed by atoms with van der Waals surface area (Å²) in [6.45, 7) is 5.33. The van der Waals surface area contributed by atoms with Crippen molar-refractivity contribution in [3.63, 3.8) is 0 Å². The molecule has 148 valence electrons. The molecule has 0 saturated heterocycles. The maximum atomic E-state index is 12.5. The number of hydrogen-bond acceptors (Lipinski definition) is 5. The van der Waals surface area contributed by atoms with Crippen molar-refractivity contribution < 1.29 is 9.59 Å². The van der Waals surface area contributed by atoms with Gasteiger partial charge >= 0.3 is 0 Å². The lowest BCUT2D eigenvalue weighted by atomic mass is 10.1. The molecular formula is C22H22N4O2S. The van der Waals surface area contributed by atoms with Crippen LogP contribution in [0.15, 0.2) is 53.7 Å². The molecular weight excluding hydrogens is 384 g/mol. The number of aromatic nitrogens is 3. The second kappa shape index (κ2) is 8.21. The van der Waals surface area contributed by atoms with E-state index in [4.69, 9.17) is 0 Å². The molecule has 0 saturated carbocycles. The van der Waals surface area contributed by atoms with Gasteiger partial charge in [0.25, 0.3) is 11.8 Å². The van der Waals surface area contributed by atoms with Gasteiger partial charge in [-0.15, -0.1) is 10.2 Å². The lowest BCUT2D eigenvalue weighted by molar-refractivity contribution is 0.0664. The standard InChI is InChI=1S/C22H22N4O2S/c1-3-11-25-19(16-8-6-7-15(2)14-16)23-24-22(25)29-13-12-26-20(27)17-9-4-5-10-18(17)21(26)28/h4-10,14H,3,11-13H2,1-2H3. The summed E-state index contributed by atoms with van der Waals surface area (Å²) in [6, 6.07) is 15.2. The zero-order valence-electron chi connectivity index (χ0n) is 16.5. The zero-order chi connectivity index (χ0) is 20.4. The van der Waals surface area contributed by atoms with Crippen LogP contribution in [0.25, 0.3) is 11.4 Å². The van der Waals surface area contributed by atoms with Crippen molar-refractivity contribution in [1.29, 1.82) is 0 Å². The molecule has 1 aliphatic rings. The van der Waals surface area contributed by atoms with E-state index >= 15 is 0 Å². The van der Waals surface area contributed by atoms with E-state index < -0.39 is 0 Å². The fourth-order valence-corrected chi connectivity index (χ4v) is 4.38. The molecule has 0 spiro atoms. The molecule has 7 heteroatoms. The summed E-state index contributed by atoms with van der Waals surface area (Å²) < 4.78 is 2.11. The first kappa shape index (κ1) is 19.4. The minimum Gasteiger partial charge on any atom is -0.302 e. The SMILES string of the molecule is CCCn1c(SCCN2C(=O)c3ccccc3C2=O)nnc1-c1cccc(C)c1. The quantitative estimate of drug-likeness (QED) is 0.437. The molecule has 2 amide bonds. The highest BCUT2D eigenvalue weighted by Gasteiger charge is 2.34. The van der Waals surface area contributed by atoms with Crippen molar-refractivity contribution in [2.45, 2.75) is 32.0 Å². The number of thioether (sulfide) groups is 1. The molecule has 0 unspecified atom stereocenters. The van der Waals surface area contributed by atoms with Gasteiger partial charge < -0.3 is 4.57 Å². The molecule has 0 radical (unpaired) electrons. The number of nitrogens with zero attached hydrogens (tertiary/aromatic N) is 4. The minimum absolute atomic E-state index is 0.221. The smallest absolute Gasteiger partial charge is 0.261 e. The van der Waals surface area contributed by atoms with E-state index in [1.807, 2.05) is 12.1 Å². The summed E-state index contributed by atoms with van der Waals surface area (Å²) in [5, 5.41) is 9.58. The second-order valence-corrected chi connectivity index (χ2v) is 8.05. The molecule has 6 nitrogen and oxygen atoms in total. The normalized spacial score (nSPS) is 13.2. The number of hydrogen-bond donors (Lipinski definition) is 0. The zero-order valence-corrected chi connectivity index (χ0v) is 17.3. The number of aryl methyl sites for hydroxylation is 1. The third-order valence-corrected chi connectivity index (χ3v) is 5.81.